The molecule has 0 aliphatic heterocycles. The van der Waals surface area contributed by atoms with Gasteiger partial charge in [-0.2, -0.15) is 10.2 Å². The van der Waals surface area contributed by atoms with Crippen molar-refractivity contribution in [1.82, 2.24) is 34.7 Å². The average molecular weight is 398 g/mol. The molecule has 28 heavy (non-hydrogen) atoms. The van der Waals surface area contributed by atoms with Gasteiger partial charge in [-0.05, 0) is 31.3 Å². The van der Waals surface area contributed by atoms with Crippen LogP contribution in [-0.2, 0) is 18.0 Å². The van der Waals surface area contributed by atoms with Crippen LogP contribution in [0, 0.1) is 0 Å². The Morgan fingerprint density at radius 1 is 1.25 bits per heavy atom. The summed E-state index contributed by atoms with van der Waals surface area (Å²) in [4.78, 5) is 9.22. The van der Waals surface area contributed by atoms with Crippen molar-refractivity contribution < 1.29 is 8.95 Å². The van der Waals surface area contributed by atoms with Crippen LogP contribution in [0.3, 0.4) is 0 Å². The summed E-state index contributed by atoms with van der Waals surface area (Å²) in [6.45, 7) is 0. The summed E-state index contributed by atoms with van der Waals surface area (Å²) in [6, 6.07) is 7.12. The van der Waals surface area contributed by atoms with Gasteiger partial charge in [0, 0.05) is 13.2 Å². The minimum absolute atomic E-state index is 0.516. The van der Waals surface area contributed by atoms with Gasteiger partial charge in [0.2, 0.25) is 0 Å². The summed E-state index contributed by atoms with van der Waals surface area (Å²) in [5.74, 6) is 1.13. The number of aromatic nitrogens is 6. The normalized spacial score (nSPS) is 12.2. The number of hydrogen-bond acceptors (Lipinski definition) is 7. The number of rotatable bonds is 6. The Hall–Kier alpha value is -3.31. The van der Waals surface area contributed by atoms with E-state index in [2.05, 4.69) is 35.3 Å². The lowest BCUT2D eigenvalue weighted by Crippen LogP contribution is -2.11. The fourth-order valence-corrected chi connectivity index (χ4v) is 3.55. The highest BCUT2D eigenvalue weighted by Crippen LogP contribution is 2.34. The Labute approximate surface area is 162 Å². The maximum Gasteiger partial charge on any atom is 0.186 e. The van der Waals surface area contributed by atoms with Gasteiger partial charge in [-0.1, -0.05) is 0 Å². The smallest absolute Gasteiger partial charge is 0.186 e. The summed E-state index contributed by atoms with van der Waals surface area (Å²) < 4.78 is 22.0. The summed E-state index contributed by atoms with van der Waals surface area (Å²) in [5, 5.41) is 15.5. The van der Waals surface area contributed by atoms with Crippen LogP contribution in [0.15, 0.2) is 41.7 Å². The highest BCUT2D eigenvalue weighted by molar-refractivity contribution is 7.83. The van der Waals surface area contributed by atoms with Gasteiger partial charge in [0.15, 0.2) is 5.65 Å². The predicted octanol–water partition coefficient (Wildman–Crippen LogP) is 1.75. The number of hydrogen-bond donors (Lipinski definition) is 3. The molecule has 0 fully saturated rings. The molecule has 0 saturated carbocycles. The van der Waals surface area contributed by atoms with Crippen LogP contribution in [0.4, 0.5) is 11.5 Å². The van der Waals surface area contributed by atoms with Gasteiger partial charge >= 0.3 is 0 Å². The minimum Gasteiger partial charge on any atom is -0.495 e. The third kappa shape index (κ3) is 3.10. The molecule has 0 aliphatic rings. The second-order valence-electron chi connectivity index (χ2n) is 5.82. The average Bonchev–Trinajstić information content (AvgIpc) is 3.33. The number of H-pyrrole nitrogens is 1. The lowest BCUT2D eigenvalue weighted by atomic mass is 10.2. The first-order valence-corrected chi connectivity index (χ1v) is 9.49. The highest BCUT2D eigenvalue weighted by atomic mass is 32.2. The molecule has 0 amide bonds. The summed E-state index contributed by atoms with van der Waals surface area (Å²) in [5.41, 5.74) is 2.73. The molecule has 11 heteroatoms. The molecule has 3 aromatic heterocycles. The van der Waals surface area contributed by atoms with Gasteiger partial charge < -0.3 is 10.1 Å². The molecule has 3 N–H and O–H groups in total. The van der Waals surface area contributed by atoms with Crippen molar-refractivity contribution in [3.05, 3.63) is 36.8 Å². The van der Waals surface area contributed by atoms with Crippen molar-refractivity contribution in [1.29, 1.82) is 0 Å². The predicted molar refractivity (Wildman–Crippen MR) is 106 cm³/mol. The van der Waals surface area contributed by atoms with E-state index in [1.54, 1.807) is 43.2 Å². The standard InChI is InChI=1S/C17H18N8O2S/c1-18-28(26)10-4-5-13(27-3)11(8-10)22-16-14-15(12-6-7-21-25(12)2)23-24-17(14)20-9-19-16/h4-9,18H,1-3H3,(H2,19,20,22,23,24). The molecule has 1 aromatic carbocycles. The van der Waals surface area contributed by atoms with Crippen LogP contribution in [-0.4, -0.2) is 48.3 Å². The molecular weight excluding hydrogens is 380 g/mol. The molecule has 144 valence electrons. The van der Waals surface area contributed by atoms with E-state index in [1.807, 2.05) is 13.1 Å². The summed E-state index contributed by atoms with van der Waals surface area (Å²) in [6.07, 6.45) is 3.14. The fraction of sp³-hybridized carbons (Fsp3) is 0.176. The second-order valence-corrected chi connectivity index (χ2v) is 7.24. The van der Waals surface area contributed by atoms with Crippen molar-refractivity contribution in [3.8, 4) is 17.1 Å². The Morgan fingerprint density at radius 2 is 2.11 bits per heavy atom. The van der Waals surface area contributed by atoms with E-state index in [1.165, 1.54) is 6.33 Å². The number of nitrogens with zero attached hydrogens (tertiary/aromatic N) is 5. The zero-order chi connectivity index (χ0) is 19.7. The first kappa shape index (κ1) is 18.1. The molecule has 0 saturated heterocycles. The van der Waals surface area contributed by atoms with Crippen LogP contribution in [0.2, 0.25) is 0 Å². The number of aryl methyl sites for hydroxylation is 1. The first-order chi connectivity index (χ1) is 13.6. The van der Waals surface area contributed by atoms with E-state index < -0.39 is 11.0 Å². The van der Waals surface area contributed by atoms with Crippen molar-refractivity contribution in [2.45, 2.75) is 4.90 Å². The molecule has 3 heterocycles. The van der Waals surface area contributed by atoms with Crippen LogP contribution >= 0.6 is 0 Å². The van der Waals surface area contributed by atoms with Crippen LogP contribution < -0.4 is 14.8 Å². The third-order valence-corrected chi connectivity index (χ3v) is 5.30. The van der Waals surface area contributed by atoms with E-state index in [0.29, 0.717) is 33.2 Å². The highest BCUT2D eigenvalue weighted by Gasteiger charge is 2.18. The van der Waals surface area contributed by atoms with Crippen molar-refractivity contribution in [3.63, 3.8) is 0 Å². The van der Waals surface area contributed by atoms with E-state index in [-0.39, 0.29) is 0 Å². The molecular formula is C17H18N8O2S. The second kappa shape index (κ2) is 7.37. The monoisotopic (exact) mass is 398 g/mol. The van der Waals surface area contributed by atoms with Crippen molar-refractivity contribution in [2.24, 2.45) is 7.05 Å². The van der Waals surface area contributed by atoms with Crippen LogP contribution in [0.25, 0.3) is 22.4 Å². The largest absolute Gasteiger partial charge is 0.495 e. The first-order valence-electron chi connectivity index (χ1n) is 8.34. The zero-order valence-electron chi connectivity index (χ0n) is 15.4. The van der Waals surface area contributed by atoms with Crippen LogP contribution in [0.1, 0.15) is 0 Å². The van der Waals surface area contributed by atoms with E-state index in [4.69, 9.17) is 4.74 Å². The van der Waals surface area contributed by atoms with E-state index >= 15 is 0 Å². The molecule has 4 aromatic rings. The quantitative estimate of drug-likeness (QED) is 0.452. The maximum absolute atomic E-state index is 12.1. The van der Waals surface area contributed by atoms with Gasteiger partial charge in [-0.3, -0.25) is 9.78 Å². The number of benzene rings is 1. The van der Waals surface area contributed by atoms with Gasteiger partial charge in [-0.15, -0.1) is 0 Å². The Balaban J connectivity index is 1.84. The summed E-state index contributed by atoms with van der Waals surface area (Å²) >= 11 is 0. The van der Waals surface area contributed by atoms with Crippen molar-refractivity contribution >= 4 is 33.5 Å². The Kier molecular flexibility index (Phi) is 4.75. The molecule has 4 rings (SSSR count). The zero-order valence-corrected chi connectivity index (χ0v) is 16.2. The number of aromatic amines is 1. The molecule has 10 nitrogen and oxygen atoms in total. The Morgan fingerprint density at radius 3 is 2.82 bits per heavy atom. The fourth-order valence-electron chi connectivity index (χ4n) is 2.90. The SMILES string of the molecule is CNS(=O)c1ccc(OC)c(Nc2ncnc3n[nH]c(-c4ccnn4C)c23)c1. The maximum atomic E-state index is 12.1. The van der Waals surface area contributed by atoms with Crippen molar-refractivity contribution in [2.75, 3.05) is 19.5 Å². The number of anilines is 2. The topological polar surface area (TPSA) is 123 Å². The third-order valence-electron chi connectivity index (χ3n) is 4.25. The summed E-state index contributed by atoms with van der Waals surface area (Å²) in [7, 11) is 3.72. The minimum atomic E-state index is -1.33. The number of fused-ring (bicyclic) bond motifs is 1. The van der Waals surface area contributed by atoms with Gasteiger partial charge in [-0.25, -0.2) is 18.9 Å². The molecule has 1 atom stereocenters. The van der Waals surface area contributed by atoms with Gasteiger partial charge in [0.25, 0.3) is 0 Å². The van der Waals surface area contributed by atoms with Gasteiger partial charge in [0.05, 0.1) is 34.5 Å². The molecule has 0 aliphatic carbocycles. The lowest BCUT2D eigenvalue weighted by Gasteiger charge is -2.13. The molecule has 1 unspecified atom stereocenters. The van der Waals surface area contributed by atoms with E-state index in [9.17, 15) is 4.21 Å². The van der Waals surface area contributed by atoms with Crippen LogP contribution in [0.5, 0.6) is 5.75 Å². The number of methoxy groups -OCH3 is 1. The number of nitrogens with one attached hydrogen (secondary N) is 3. The Bertz CT molecular complexity index is 1170. The molecule has 0 radical (unpaired) electrons. The lowest BCUT2D eigenvalue weighted by molar-refractivity contribution is 0.416. The molecule has 0 spiro atoms. The van der Waals surface area contributed by atoms with E-state index in [0.717, 1.165) is 11.4 Å². The van der Waals surface area contributed by atoms with Gasteiger partial charge in [0.1, 0.15) is 28.9 Å². The number of ether oxygens (including phenoxy) is 1. The molecule has 0 bridgehead atoms.